The zero-order chi connectivity index (χ0) is 21.5. The SMILES string of the molecule is CCSc1ccccc1C(=O)N(CCN(CC)CC)c1nc2ccc(SC)cc2s1.Cl. The van der Waals surface area contributed by atoms with Gasteiger partial charge in [-0.2, -0.15) is 0 Å². The fourth-order valence-corrected chi connectivity index (χ4v) is 5.61. The van der Waals surface area contributed by atoms with Gasteiger partial charge in [0, 0.05) is 22.9 Å². The average molecular weight is 496 g/mol. The maximum atomic E-state index is 13.7. The Morgan fingerprint density at radius 1 is 1.06 bits per heavy atom. The van der Waals surface area contributed by atoms with E-state index in [0.717, 1.165) is 51.2 Å². The third-order valence-corrected chi connectivity index (χ3v) is 7.73. The summed E-state index contributed by atoms with van der Waals surface area (Å²) in [4.78, 5) is 25.0. The van der Waals surface area contributed by atoms with Gasteiger partial charge in [0.05, 0.1) is 15.8 Å². The molecular formula is C23H30ClN3OS3. The largest absolute Gasteiger partial charge is 0.302 e. The van der Waals surface area contributed by atoms with Crippen LogP contribution in [0.5, 0.6) is 0 Å². The minimum Gasteiger partial charge on any atom is -0.302 e. The van der Waals surface area contributed by atoms with Crippen molar-refractivity contribution in [1.29, 1.82) is 0 Å². The highest BCUT2D eigenvalue weighted by molar-refractivity contribution is 7.99. The fraction of sp³-hybridized carbons (Fsp3) is 0.391. The van der Waals surface area contributed by atoms with E-state index in [-0.39, 0.29) is 18.3 Å². The molecule has 0 saturated carbocycles. The first-order chi connectivity index (χ1) is 14.6. The zero-order valence-electron chi connectivity index (χ0n) is 18.5. The molecule has 1 heterocycles. The van der Waals surface area contributed by atoms with Gasteiger partial charge in [0.1, 0.15) is 0 Å². The summed E-state index contributed by atoms with van der Waals surface area (Å²) in [6.07, 6.45) is 2.07. The number of hydrogen-bond acceptors (Lipinski definition) is 6. The molecular weight excluding hydrogens is 466 g/mol. The Morgan fingerprint density at radius 2 is 1.81 bits per heavy atom. The summed E-state index contributed by atoms with van der Waals surface area (Å²) in [7, 11) is 0. The molecule has 3 rings (SSSR count). The molecule has 0 aliphatic heterocycles. The first-order valence-corrected chi connectivity index (χ1v) is 13.3. The second-order valence-corrected chi connectivity index (χ2v) is 9.94. The number of carbonyl (C=O) groups excluding carboxylic acids is 1. The Labute approximate surface area is 204 Å². The highest BCUT2D eigenvalue weighted by Gasteiger charge is 2.24. The molecule has 0 unspecified atom stereocenters. The van der Waals surface area contributed by atoms with Gasteiger partial charge >= 0.3 is 0 Å². The quantitative estimate of drug-likeness (QED) is 0.298. The molecule has 8 heteroatoms. The van der Waals surface area contributed by atoms with E-state index in [4.69, 9.17) is 4.98 Å². The molecule has 1 aromatic heterocycles. The summed E-state index contributed by atoms with van der Waals surface area (Å²) in [5.41, 5.74) is 1.71. The monoisotopic (exact) mass is 495 g/mol. The Balaban J connectivity index is 0.00000341. The number of benzene rings is 2. The van der Waals surface area contributed by atoms with E-state index >= 15 is 0 Å². The molecule has 0 atom stereocenters. The van der Waals surface area contributed by atoms with Crippen LogP contribution in [0.25, 0.3) is 10.2 Å². The van der Waals surface area contributed by atoms with Crippen LogP contribution in [0.15, 0.2) is 52.3 Å². The fourth-order valence-electron chi connectivity index (χ4n) is 3.27. The van der Waals surface area contributed by atoms with Crippen LogP contribution in [0.2, 0.25) is 0 Å². The van der Waals surface area contributed by atoms with E-state index in [1.54, 1.807) is 34.9 Å². The second kappa shape index (κ2) is 12.7. The molecule has 1 amide bonds. The van der Waals surface area contributed by atoms with E-state index in [1.165, 1.54) is 4.90 Å². The van der Waals surface area contributed by atoms with Crippen LogP contribution in [0, 0.1) is 0 Å². The molecule has 2 aromatic carbocycles. The van der Waals surface area contributed by atoms with E-state index < -0.39 is 0 Å². The minimum atomic E-state index is 0. The minimum absolute atomic E-state index is 0. The van der Waals surface area contributed by atoms with Crippen LogP contribution < -0.4 is 4.90 Å². The maximum absolute atomic E-state index is 13.7. The van der Waals surface area contributed by atoms with Gasteiger partial charge in [0.15, 0.2) is 5.13 Å². The Morgan fingerprint density at radius 3 is 2.48 bits per heavy atom. The predicted molar refractivity (Wildman–Crippen MR) is 141 cm³/mol. The molecule has 168 valence electrons. The predicted octanol–water partition coefficient (Wildman–Crippen LogP) is 6.54. The molecule has 0 spiro atoms. The summed E-state index contributed by atoms with van der Waals surface area (Å²) in [6.45, 7) is 9.82. The maximum Gasteiger partial charge on any atom is 0.261 e. The van der Waals surface area contributed by atoms with Gasteiger partial charge in [0.25, 0.3) is 5.91 Å². The van der Waals surface area contributed by atoms with E-state index in [1.807, 2.05) is 29.2 Å². The third kappa shape index (κ3) is 6.39. The molecule has 0 fully saturated rings. The van der Waals surface area contributed by atoms with Crippen molar-refractivity contribution in [2.24, 2.45) is 0 Å². The lowest BCUT2D eigenvalue weighted by atomic mass is 10.2. The van der Waals surface area contributed by atoms with Gasteiger partial charge in [-0.25, -0.2) is 4.98 Å². The number of anilines is 1. The second-order valence-electron chi connectivity index (χ2n) is 6.74. The van der Waals surface area contributed by atoms with Crippen molar-refractivity contribution in [3.8, 4) is 0 Å². The van der Waals surface area contributed by atoms with Gasteiger partial charge in [0.2, 0.25) is 0 Å². The van der Waals surface area contributed by atoms with Crippen LogP contribution >= 0.6 is 47.3 Å². The normalized spacial score (nSPS) is 11.0. The Hall–Kier alpha value is -1.25. The summed E-state index contributed by atoms with van der Waals surface area (Å²) in [5, 5.41) is 0.775. The molecule has 31 heavy (non-hydrogen) atoms. The summed E-state index contributed by atoms with van der Waals surface area (Å²) in [5.74, 6) is 0.963. The van der Waals surface area contributed by atoms with Crippen molar-refractivity contribution < 1.29 is 4.79 Å². The lowest BCUT2D eigenvalue weighted by molar-refractivity contribution is 0.0981. The van der Waals surface area contributed by atoms with Crippen molar-refractivity contribution in [1.82, 2.24) is 9.88 Å². The van der Waals surface area contributed by atoms with Crippen LogP contribution in [0.4, 0.5) is 5.13 Å². The number of halogens is 1. The van der Waals surface area contributed by atoms with E-state index in [2.05, 4.69) is 50.1 Å². The zero-order valence-corrected chi connectivity index (χ0v) is 21.7. The first-order valence-electron chi connectivity index (χ1n) is 10.3. The number of hydrogen-bond donors (Lipinski definition) is 0. The molecule has 0 aliphatic carbocycles. The highest BCUT2D eigenvalue weighted by atomic mass is 35.5. The van der Waals surface area contributed by atoms with Gasteiger partial charge in [-0.3, -0.25) is 9.69 Å². The Bertz CT molecular complexity index is 991. The van der Waals surface area contributed by atoms with Crippen molar-refractivity contribution in [3.63, 3.8) is 0 Å². The lowest BCUT2D eigenvalue weighted by Gasteiger charge is -2.25. The van der Waals surface area contributed by atoms with Gasteiger partial charge in [-0.15, -0.1) is 35.9 Å². The van der Waals surface area contributed by atoms with Crippen LogP contribution in [-0.2, 0) is 0 Å². The van der Waals surface area contributed by atoms with Crippen LogP contribution in [0.3, 0.4) is 0 Å². The molecule has 0 aliphatic rings. The van der Waals surface area contributed by atoms with Crippen molar-refractivity contribution in [2.75, 3.05) is 43.1 Å². The molecule has 0 saturated heterocycles. The number of aromatic nitrogens is 1. The van der Waals surface area contributed by atoms with Crippen LogP contribution in [0.1, 0.15) is 31.1 Å². The summed E-state index contributed by atoms with van der Waals surface area (Å²) in [6, 6.07) is 14.2. The molecule has 0 radical (unpaired) electrons. The van der Waals surface area contributed by atoms with E-state index in [9.17, 15) is 4.79 Å². The van der Waals surface area contributed by atoms with Gasteiger partial charge in [-0.05, 0) is 55.4 Å². The van der Waals surface area contributed by atoms with Crippen LogP contribution in [-0.4, -0.2) is 54.0 Å². The standard InChI is InChI=1S/C23H29N3OS3.ClH/c1-5-25(6-2)14-15-26(22(27)18-10-8-9-11-20(18)29-7-3)23-24-19-13-12-17(28-4)16-21(19)30-23;/h8-13,16H,5-7,14-15H2,1-4H3;1H. The molecule has 3 aromatic rings. The number of rotatable bonds is 10. The number of likely N-dealkylation sites (N-methyl/N-ethyl adjacent to an activating group) is 1. The van der Waals surface area contributed by atoms with Crippen molar-refractivity contribution in [3.05, 3.63) is 48.0 Å². The Kier molecular flexibility index (Phi) is 10.7. The first kappa shape index (κ1) is 26.0. The third-order valence-electron chi connectivity index (χ3n) is 5.01. The highest BCUT2D eigenvalue weighted by Crippen LogP contribution is 2.33. The van der Waals surface area contributed by atoms with Gasteiger partial charge < -0.3 is 4.90 Å². The van der Waals surface area contributed by atoms with Crippen molar-refractivity contribution in [2.45, 2.75) is 30.6 Å². The summed E-state index contributed by atoms with van der Waals surface area (Å²) < 4.78 is 1.12. The topological polar surface area (TPSA) is 36.4 Å². The number of thiazole rings is 1. The average Bonchev–Trinajstić information content (AvgIpc) is 3.20. The molecule has 0 bridgehead atoms. The molecule has 4 nitrogen and oxygen atoms in total. The smallest absolute Gasteiger partial charge is 0.261 e. The number of thioether (sulfide) groups is 2. The molecule has 0 N–H and O–H groups in total. The summed E-state index contributed by atoms with van der Waals surface area (Å²) >= 11 is 5.03. The lowest BCUT2D eigenvalue weighted by Crippen LogP contribution is -2.39. The van der Waals surface area contributed by atoms with Crippen molar-refractivity contribution >= 4 is 68.5 Å². The number of amides is 1. The number of fused-ring (bicyclic) bond motifs is 1. The van der Waals surface area contributed by atoms with Gasteiger partial charge in [-0.1, -0.05) is 44.2 Å². The number of carbonyl (C=O) groups is 1. The van der Waals surface area contributed by atoms with E-state index in [0.29, 0.717) is 6.54 Å². The number of nitrogens with zero attached hydrogens (tertiary/aromatic N) is 3.